The molecule has 0 aromatic heterocycles. The molecule has 0 aliphatic rings. The van der Waals surface area contributed by atoms with Gasteiger partial charge in [-0.3, -0.25) is 4.79 Å². The average molecular weight is 233 g/mol. The molecule has 1 amide bonds. The first-order valence-corrected chi connectivity index (χ1v) is 5.78. The third-order valence-corrected chi connectivity index (χ3v) is 2.11. The first-order valence-electron chi connectivity index (χ1n) is 5.78. The van der Waals surface area contributed by atoms with E-state index in [4.69, 9.17) is 0 Å². The minimum atomic E-state index is -0.187. The third kappa shape index (κ3) is 4.68. The van der Waals surface area contributed by atoms with Crippen LogP contribution in [0.25, 0.3) is 0 Å². The van der Waals surface area contributed by atoms with Gasteiger partial charge in [-0.2, -0.15) is 5.10 Å². The van der Waals surface area contributed by atoms with E-state index in [-0.39, 0.29) is 5.91 Å². The summed E-state index contributed by atoms with van der Waals surface area (Å²) in [6, 6.07) is 7.36. The Balaban J connectivity index is 2.60. The highest BCUT2D eigenvalue weighted by Crippen LogP contribution is 2.09. The Hall–Kier alpha value is -1.84. The predicted molar refractivity (Wildman–Crippen MR) is 71.5 cm³/mol. The van der Waals surface area contributed by atoms with E-state index in [9.17, 15) is 4.79 Å². The minimum absolute atomic E-state index is 0.187. The van der Waals surface area contributed by atoms with Crippen molar-refractivity contribution in [3.63, 3.8) is 0 Å². The van der Waals surface area contributed by atoms with Crippen molar-refractivity contribution in [1.82, 2.24) is 5.43 Å². The standard InChI is InChI=1S/C13H19N3O/c1-4-9-14-12-7-5-11(6-8-12)13(17)16-15-10(2)3/h5-8,14H,4,9H2,1-3H3,(H,16,17). The van der Waals surface area contributed by atoms with Gasteiger partial charge in [0, 0.05) is 23.5 Å². The molecule has 1 rings (SSSR count). The van der Waals surface area contributed by atoms with Gasteiger partial charge in [0.25, 0.3) is 5.91 Å². The Kier molecular flexibility index (Phi) is 5.20. The zero-order valence-corrected chi connectivity index (χ0v) is 10.6. The number of benzene rings is 1. The molecule has 1 aromatic rings. The van der Waals surface area contributed by atoms with Crippen LogP contribution in [-0.4, -0.2) is 18.2 Å². The number of nitrogens with zero attached hydrogens (tertiary/aromatic N) is 1. The number of rotatable bonds is 5. The summed E-state index contributed by atoms with van der Waals surface area (Å²) in [7, 11) is 0. The van der Waals surface area contributed by atoms with E-state index < -0.39 is 0 Å². The molecule has 0 fully saturated rings. The van der Waals surface area contributed by atoms with Gasteiger partial charge >= 0.3 is 0 Å². The summed E-state index contributed by atoms with van der Waals surface area (Å²) in [4.78, 5) is 11.6. The fraction of sp³-hybridized carbons (Fsp3) is 0.385. The molecule has 4 nitrogen and oxygen atoms in total. The van der Waals surface area contributed by atoms with Crippen LogP contribution >= 0.6 is 0 Å². The van der Waals surface area contributed by atoms with Crippen LogP contribution in [0.3, 0.4) is 0 Å². The van der Waals surface area contributed by atoms with E-state index in [0.29, 0.717) is 5.56 Å². The Morgan fingerprint density at radius 1 is 1.24 bits per heavy atom. The highest BCUT2D eigenvalue weighted by molar-refractivity contribution is 5.95. The zero-order chi connectivity index (χ0) is 12.7. The predicted octanol–water partition coefficient (Wildman–Crippen LogP) is 2.63. The Morgan fingerprint density at radius 3 is 2.41 bits per heavy atom. The number of carbonyl (C=O) groups excluding carboxylic acids is 1. The van der Waals surface area contributed by atoms with Crippen LogP contribution in [0, 0.1) is 0 Å². The number of hydrazone groups is 1. The maximum absolute atomic E-state index is 11.6. The first-order chi connectivity index (χ1) is 8.13. The molecule has 0 radical (unpaired) electrons. The summed E-state index contributed by atoms with van der Waals surface area (Å²) in [6.07, 6.45) is 1.08. The van der Waals surface area contributed by atoms with Gasteiger partial charge in [0.15, 0.2) is 0 Å². The number of hydrogen-bond acceptors (Lipinski definition) is 3. The van der Waals surface area contributed by atoms with Crippen LogP contribution in [0.1, 0.15) is 37.6 Å². The van der Waals surface area contributed by atoms with Crippen molar-refractivity contribution >= 4 is 17.3 Å². The summed E-state index contributed by atoms with van der Waals surface area (Å²) in [5.74, 6) is -0.187. The summed E-state index contributed by atoms with van der Waals surface area (Å²) in [6.45, 7) is 6.71. The van der Waals surface area contributed by atoms with Crippen LogP contribution in [0.4, 0.5) is 5.69 Å². The molecular weight excluding hydrogens is 214 g/mol. The third-order valence-electron chi connectivity index (χ3n) is 2.11. The van der Waals surface area contributed by atoms with Crippen molar-refractivity contribution in [3.05, 3.63) is 29.8 Å². The lowest BCUT2D eigenvalue weighted by molar-refractivity contribution is 0.0955. The number of carbonyl (C=O) groups is 1. The minimum Gasteiger partial charge on any atom is -0.385 e. The SMILES string of the molecule is CCCNc1ccc(C(=O)NN=C(C)C)cc1. The number of hydrogen-bond donors (Lipinski definition) is 2. The molecule has 0 saturated heterocycles. The lowest BCUT2D eigenvalue weighted by Crippen LogP contribution is -2.18. The summed E-state index contributed by atoms with van der Waals surface area (Å²) < 4.78 is 0. The van der Waals surface area contributed by atoms with E-state index in [1.165, 1.54) is 0 Å². The number of anilines is 1. The summed E-state index contributed by atoms with van der Waals surface area (Å²) >= 11 is 0. The van der Waals surface area contributed by atoms with E-state index in [1.807, 2.05) is 26.0 Å². The van der Waals surface area contributed by atoms with Gasteiger partial charge in [0.2, 0.25) is 0 Å². The van der Waals surface area contributed by atoms with Crippen molar-refractivity contribution in [1.29, 1.82) is 0 Å². The molecule has 0 aliphatic heterocycles. The second-order valence-corrected chi connectivity index (χ2v) is 4.00. The van der Waals surface area contributed by atoms with Crippen LogP contribution in [0.5, 0.6) is 0 Å². The monoisotopic (exact) mass is 233 g/mol. The normalized spacial score (nSPS) is 9.59. The molecule has 0 aliphatic carbocycles. The second kappa shape index (κ2) is 6.68. The van der Waals surface area contributed by atoms with Gasteiger partial charge in [-0.1, -0.05) is 6.92 Å². The van der Waals surface area contributed by atoms with E-state index >= 15 is 0 Å². The number of nitrogens with one attached hydrogen (secondary N) is 2. The molecular formula is C13H19N3O. The molecule has 2 N–H and O–H groups in total. The van der Waals surface area contributed by atoms with Gasteiger partial charge in [0.05, 0.1) is 0 Å². The van der Waals surface area contributed by atoms with Gasteiger partial charge in [-0.15, -0.1) is 0 Å². The molecule has 0 spiro atoms. The Morgan fingerprint density at radius 2 is 1.88 bits per heavy atom. The molecule has 0 atom stereocenters. The highest BCUT2D eigenvalue weighted by Gasteiger charge is 2.03. The highest BCUT2D eigenvalue weighted by atomic mass is 16.2. The van der Waals surface area contributed by atoms with E-state index in [0.717, 1.165) is 24.4 Å². The van der Waals surface area contributed by atoms with Crippen LogP contribution in [0.2, 0.25) is 0 Å². The van der Waals surface area contributed by atoms with Gasteiger partial charge in [-0.25, -0.2) is 5.43 Å². The molecule has 0 saturated carbocycles. The Bertz CT molecular complexity index is 392. The van der Waals surface area contributed by atoms with Crippen molar-refractivity contribution < 1.29 is 4.79 Å². The second-order valence-electron chi connectivity index (χ2n) is 4.00. The molecule has 4 heteroatoms. The quantitative estimate of drug-likeness (QED) is 0.606. The van der Waals surface area contributed by atoms with Crippen molar-refractivity contribution in [2.75, 3.05) is 11.9 Å². The fourth-order valence-electron chi connectivity index (χ4n) is 1.24. The molecule has 1 aromatic carbocycles. The van der Waals surface area contributed by atoms with Gasteiger partial charge in [0.1, 0.15) is 0 Å². The Labute approximate surface area is 102 Å². The zero-order valence-electron chi connectivity index (χ0n) is 10.6. The lowest BCUT2D eigenvalue weighted by Gasteiger charge is -2.05. The number of amides is 1. The van der Waals surface area contributed by atoms with Crippen molar-refractivity contribution in [2.24, 2.45) is 5.10 Å². The van der Waals surface area contributed by atoms with Crippen molar-refractivity contribution in [3.8, 4) is 0 Å². The van der Waals surface area contributed by atoms with Crippen LogP contribution in [0.15, 0.2) is 29.4 Å². The molecule has 92 valence electrons. The fourth-order valence-corrected chi connectivity index (χ4v) is 1.24. The van der Waals surface area contributed by atoms with Crippen molar-refractivity contribution in [2.45, 2.75) is 27.2 Å². The smallest absolute Gasteiger partial charge is 0.271 e. The molecule has 17 heavy (non-hydrogen) atoms. The molecule has 0 heterocycles. The topological polar surface area (TPSA) is 53.5 Å². The van der Waals surface area contributed by atoms with Crippen LogP contribution in [-0.2, 0) is 0 Å². The molecule has 0 unspecified atom stereocenters. The lowest BCUT2D eigenvalue weighted by atomic mass is 10.2. The van der Waals surface area contributed by atoms with Gasteiger partial charge < -0.3 is 5.32 Å². The summed E-state index contributed by atoms with van der Waals surface area (Å²) in [5, 5.41) is 7.13. The maximum atomic E-state index is 11.6. The van der Waals surface area contributed by atoms with Gasteiger partial charge in [-0.05, 0) is 44.5 Å². The van der Waals surface area contributed by atoms with Crippen LogP contribution < -0.4 is 10.7 Å². The summed E-state index contributed by atoms with van der Waals surface area (Å²) in [5.41, 5.74) is 4.94. The largest absolute Gasteiger partial charge is 0.385 e. The average Bonchev–Trinajstić information content (AvgIpc) is 2.34. The maximum Gasteiger partial charge on any atom is 0.271 e. The van der Waals surface area contributed by atoms with E-state index in [2.05, 4.69) is 22.8 Å². The molecule has 0 bridgehead atoms. The van der Waals surface area contributed by atoms with E-state index in [1.54, 1.807) is 12.1 Å². The first kappa shape index (κ1) is 13.2.